The molecule has 0 saturated carbocycles. The van der Waals surface area contributed by atoms with E-state index in [-0.39, 0.29) is 156 Å². The zero-order chi connectivity index (χ0) is 41.8. The molecule has 61 heavy (non-hydrogen) atoms. The van der Waals surface area contributed by atoms with Crippen LogP contribution in [0, 0.1) is 0 Å². The maximum absolute atomic E-state index is 11.4. The Morgan fingerprint density at radius 2 is 1.13 bits per heavy atom. The van der Waals surface area contributed by atoms with Gasteiger partial charge in [0.15, 0.2) is 12.3 Å². The van der Waals surface area contributed by atoms with Crippen molar-refractivity contribution in [2.75, 3.05) is 14.2 Å². The summed E-state index contributed by atoms with van der Waals surface area (Å²) < 4.78 is 20.3. The van der Waals surface area contributed by atoms with Crippen LogP contribution in [0.5, 0.6) is 0 Å². The van der Waals surface area contributed by atoms with Crippen molar-refractivity contribution in [2.24, 2.45) is 4.99 Å². The number of halogens is 2. The topological polar surface area (TPSA) is 151 Å². The number of aliphatic imine (C=N–C) groups is 1. The minimum absolute atomic E-state index is 0. The van der Waals surface area contributed by atoms with Gasteiger partial charge in [-0.1, -0.05) is 85.7 Å². The van der Waals surface area contributed by atoms with Crippen molar-refractivity contribution in [2.45, 2.75) is 94.3 Å². The standard InChI is InChI=1S/C21H23NO5S.C11H13NO3S.C10H11BrO2.CH4.BrH.2K/c1-14-21(2,3)18-12-17(28-27-26-24)9-10-19(18)22(14)13-16-7-5-15(6-8-16)11-20(23)25-4;1-7-11(2,3)9-6-8(16-15-14-13)4-5-10(9)12-7;1-13-10(12)6-8-2-4-9(7-11)5-3-8;;;;/h5-10,12H,11,13H2,1-4H3;4-6,13H,1-3H3;2-5H,6-7H2,1H3;1H4;1H;;/q;;;;;2*+1/p-2. The number of benzene rings is 4. The Balaban J connectivity index is 0.000000935. The molecule has 0 amide bonds. The number of rotatable bonds is 13. The van der Waals surface area contributed by atoms with Crippen LogP contribution in [0.15, 0.2) is 99.7 Å². The van der Waals surface area contributed by atoms with Crippen LogP contribution < -0.4 is 130 Å². The Bertz CT molecular complexity index is 2090. The summed E-state index contributed by atoms with van der Waals surface area (Å²) in [6.07, 6.45) is 0.621. The van der Waals surface area contributed by atoms with Crippen LogP contribution in [-0.2, 0) is 73.4 Å². The maximum atomic E-state index is 11.4. The molecule has 0 bridgehead atoms. The SMILES string of the molecule is C.CC1=Nc2ccc(SOO[O-])cc2C1(C)C.COC(=O)Cc1ccc(CBr)cc1.COC(=O)Cc1ccc(C[N+]2=C(C)C(C)(C)c3cc(SOO[O-])ccc32)cc1.[Br-].[K+].[K+]. The zero-order valence-electron chi connectivity index (χ0n) is 35.5. The molecule has 0 fully saturated rings. The van der Waals surface area contributed by atoms with Gasteiger partial charge in [0.05, 0.1) is 62.2 Å². The van der Waals surface area contributed by atoms with E-state index in [2.05, 4.69) is 83.6 Å². The number of ether oxygens (including phenoxy) is 2. The van der Waals surface area contributed by atoms with Gasteiger partial charge < -0.3 is 37.0 Å². The first-order valence-electron chi connectivity index (χ1n) is 17.8. The number of methoxy groups -OCH3 is 2. The third kappa shape index (κ3) is 17.2. The third-order valence-corrected chi connectivity index (χ3v) is 11.9. The molecular weight excluding hydrogens is 1010 g/mol. The average molecular weight is 1060 g/mol. The van der Waals surface area contributed by atoms with Gasteiger partial charge in [0, 0.05) is 50.4 Å². The largest absolute Gasteiger partial charge is 1.00 e. The molecule has 0 atom stereocenters. The molecule has 0 aliphatic carbocycles. The van der Waals surface area contributed by atoms with Gasteiger partial charge in [-0.3, -0.25) is 24.7 Å². The van der Waals surface area contributed by atoms with Crippen molar-refractivity contribution in [3.63, 3.8) is 0 Å². The van der Waals surface area contributed by atoms with Crippen molar-refractivity contribution >= 4 is 74.8 Å². The third-order valence-electron chi connectivity index (χ3n) is 10.1. The summed E-state index contributed by atoms with van der Waals surface area (Å²) in [7, 11) is 2.79. The van der Waals surface area contributed by atoms with E-state index in [1.165, 1.54) is 31.1 Å². The summed E-state index contributed by atoms with van der Waals surface area (Å²) in [4.78, 5) is 28.5. The van der Waals surface area contributed by atoms with Crippen LogP contribution in [0.4, 0.5) is 11.4 Å². The molecular formula is C43H50Br2K2N2O10S2. The monoisotopic (exact) mass is 1050 g/mol. The molecule has 320 valence electrons. The predicted molar refractivity (Wildman–Crippen MR) is 226 cm³/mol. The summed E-state index contributed by atoms with van der Waals surface area (Å²) in [5.74, 6) is -0.446. The van der Waals surface area contributed by atoms with E-state index in [9.17, 15) is 20.1 Å². The molecule has 4 aromatic carbocycles. The first-order chi connectivity index (χ1) is 27.2. The van der Waals surface area contributed by atoms with Gasteiger partial charge in [0.25, 0.3) is 0 Å². The fourth-order valence-corrected chi connectivity index (χ4v) is 7.34. The number of fused-ring (bicyclic) bond motifs is 2. The summed E-state index contributed by atoms with van der Waals surface area (Å²) in [5.41, 5.74) is 10.8. The normalized spacial score (nSPS) is 13.4. The van der Waals surface area contributed by atoms with E-state index in [1.54, 1.807) is 0 Å². The molecule has 4 aromatic rings. The van der Waals surface area contributed by atoms with Gasteiger partial charge in [0.1, 0.15) is 0 Å². The Labute approximate surface area is 472 Å². The molecule has 0 saturated heterocycles. The molecule has 6 rings (SSSR count). The summed E-state index contributed by atoms with van der Waals surface area (Å²) in [6.45, 7) is 13.5. The minimum atomic E-state index is -0.243. The van der Waals surface area contributed by atoms with E-state index < -0.39 is 0 Å². The second-order valence-corrected chi connectivity index (χ2v) is 16.3. The number of hydrogen-bond donors (Lipinski definition) is 0. The Morgan fingerprint density at radius 3 is 1.59 bits per heavy atom. The minimum Gasteiger partial charge on any atom is -1.00 e. The Kier molecular flexibility index (Phi) is 29.4. The fraction of sp³-hybridized carbons (Fsp3) is 0.349. The Hall–Kier alpha value is -0.147. The van der Waals surface area contributed by atoms with Crippen LogP contribution in [0.3, 0.4) is 0 Å². The molecule has 18 heteroatoms. The molecule has 12 nitrogen and oxygen atoms in total. The number of esters is 2. The van der Waals surface area contributed by atoms with E-state index in [1.807, 2.05) is 91.9 Å². The maximum Gasteiger partial charge on any atom is 1.00 e. The van der Waals surface area contributed by atoms with Gasteiger partial charge in [-0.2, -0.15) is 13.2 Å². The predicted octanol–water partition coefficient (Wildman–Crippen LogP) is -0.525. The summed E-state index contributed by atoms with van der Waals surface area (Å²) >= 11 is 5.16. The van der Waals surface area contributed by atoms with E-state index in [4.69, 9.17) is 4.74 Å². The molecule has 2 aliphatic heterocycles. The number of alkyl halides is 1. The first kappa shape index (κ1) is 60.9. The van der Waals surface area contributed by atoms with E-state index >= 15 is 0 Å². The van der Waals surface area contributed by atoms with Crippen molar-refractivity contribution < 1.29 is 173 Å². The molecule has 0 radical (unpaired) electrons. The van der Waals surface area contributed by atoms with Gasteiger partial charge in [-0.25, -0.2) is 0 Å². The smallest absolute Gasteiger partial charge is 1.00 e. The van der Waals surface area contributed by atoms with E-state index in [0.717, 1.165) is 85.1 Å². The molecule has 2 aliphatic rings. The number of hydrogen-bond acceptors (Lipinski definition) is 13. The second kappa shape index (κ2) is 29.5. The van der Waals surface area contributed by atoms with E-state index in [0.29, 0.717) is 6.42 Å². The molecule has 0 unspecified atom stereocenters. The van der Waals surface area contributed by atoms with Crippen molar-refractivity contribution in [1.82, 2.24) is 0 Å². The van der Waals surface area contributed by atoms with Crippen molar-refractivity contribution in [3.05, 3.63) is 118 Å². The van der Waals surface area contributed by atoms with Crippen LogP contribution in [0.2, 0.25) is 0 Å². The van der Waals surface area contributed by atoms with Gasteiger partial charge in [-0.05, 0) is 73.4 Å². The van der Waals surface area contributed by atoms with Gasteiger partial charge in [-0.15, -0.1) is 0 Å². The van der Waals surface area contributed by atoms with Crippen LogP contribution in [-0.4, -0.2) is 42.2 Å². The first-order valence-corrected chi connectivity index (χ1v) is 20.4. The molecule has 0 aromatic heterocycles. The van der Waals surface area contributed by atoms with Crippen molar-refractivity contribution in [1.29, 1.82) is 0 Å². The van der Waals surface area contributed by atoms with Crippen LogP contribution in [0.25, 0.3) is 0 Å². The molecule has 0 spiro atoms. The fourth-order valence-electron chi connectivity index (χ4n) is 6.18. The molecule has 0 N–H and O–H groups in total. The zero-order valence-corrected chi connectivity index (χ0v) is 46.5. The van der Waals surface area contributed by atoms with Gasteiger partial charge >= 0.3 is 115 Å². The quantitative estimate of drug-likeness (QED) is 0.0323. The summed E-state index contributed by atoms with van der Waals surface area (Å²) in [6, 6.07) is 27.6. The van der Waals surface area contributed by atoms with Crippen LogP contribution >= 0.6 is 40.0 Å². The second-order valence-electron chi connectivity index (χ2n) is 14.2. The number of carbonyl (C=O) groups is 2. The average Bonchev–Trinajstić information content (AvgIpc) is 3.55. The summed E-state index contributed by atoms with van der Waals surface area (Å²) in [5, 5.41) is 27.5. The number of carbonyl (C=O) groups excluding carboxylic acids is 2. The number of nitrogens with zero attached hydrogens (tertiary/aromatic N) is 2. The Morgan fingerprint density at radius 1 is 0.689 bits per heavy atom. The van der Waals surface area contributed by atoms with Crippen LogP contribution in [0.1, 0.15) is 82.3 Å². The van der Waals surface area contributed by atoms with Crippen molar-refractivity contribution in [3.8, 4) is 0 Å². The molecule has 2 heterocycles. The van der Waals surface area contributed by atoms with Gasteiger partial charge in [0.2, 0.25) is 5.69 Å².